The number of amides is 1. The first-order chi connectivity index (χ1) is 11.7. The second kappa shape index (κ2) is 11.3. The lowest BCUT2D eigenvalue weighted by molar-refractivity contribution is -0.176. The van der Waals surface area contributed by atoms with Crippen molar-refractivity contribution in [2.24, 2.45) is 10.4 Å². The van der Waals surface area contributed by atoms with Crippen molar-refractivity contribution in [1.29, 1.82) is 0 Å². The molecule has 1 amide bonds. The van der Waals surface area contributed by atoms with Gasteiger partial charge in [-0.1, -0.05) is 13.8 Å². The standard InChI is InChI=1S/C18H36N4O3.HI/c1-8-25-11-9-10-19-16(20-13-15(23)22(5)6)21-14-12-18(4,24-7)17(14,2)3;/h14H,8-13H2,1-7H3,(H2,19,20,21);1H. The van der Waals surface area contributed by atoms with E-state index in [9.17, 15) is 4.79 Å². The lowest BCUT2D eigenvalue weighted by Crippen LogP contribution is -2.69. The molecule has 1 aliphatic rings. The molecule has 0 spiro atoms. The molecule has 2 N–H and O–H groups in total. The van der Waals surface area contributed by atoms with Gasteiger partial charge in [-0.25, -0.2) is 4.99 Å². The Labute approximate surface area is 175 Å². The molecule has 8 heteroatoms. The maximum Gasteiger partial charge on any atom is 0.243 e. The Balaban J connectivity index is 0.00000625. The molecule has 0 heterocycles. The summed E-state index contributed by atoms with van der Waals surface area (Å²) in [5, 5.41) is 6.77. The number of hydrogen-bond acceptors (Lipinski definition) is 4. The van der Waals surface area contributed by atoms with Crippen molar-refractivity contribution in [2.75, 3.05) is 47.5 Å². The van der Waals surface area contributed by atoms with Gasteiger partial charge < -0.3 is 25.0 Å². The molecule has 0 saturated heterocycles. The summed E-state index contributed by atoms with van der Waals surface area (Å²) < 4.78 is 11.0. The lowest BCUT2D eigenvalue weighted by Gasteiger charge is -2.59. The highest BCUT2D eigenvalue weighted by atomic mass is 127. The Morgan fingerprint density at radius 1 is 1.31 bits per heavy atom. The third kappa shape index (κ3) is 6.53. The minimum Gasteiger partial charge on any atom is -0.382 e. The minimum absolute atomic E-state index is 0. The molecular formula is C18H37IN4O3. The highest BCUT2D eigenvalue weighted by molar-refractivity contribution is 14.0. The molecule has 0 radical (unpaired) electrons. The monoisotopic (exact) mass is 484 g/mol. The molecule has 2 unspecified atom stereocenters. The summed E-state index contributed by atoms with van der Waals surface area (Å²) in [6.07, 6.45) is 1.79. The summed E-state index contributed by atoms with van der Waals surface area (Å²) >= 11 is 0. The quantitative estimate of drug-likeness (QED) is 0.226. The van der Waals surface area contributed by atoms with Crippen LogP contribution in [-0.4, -0.2) is 75.9 Å². The first kappa shape index (κ1) is 25.4. The molecule has 7 nitrogen and oxygen atoms in total. The number of halogens is 1. The topological polar surface area (TPSA) is 75.2 Å². The van der Waals surface area contributed by atoms with Crippen LogP contribution in [0.15, 0.2) is 4.99 Å². The number of aliphatic imine (C=N–C) groups is 1. The number of nitrogens with one attached hydrogen (secondary N) is 2. The van der Waals surface area contributed by atoms with E-state index in [0.29, 0.717) is 12.6 Å². The number of carbonyl (C=O) groups excluding carboxylic acids is 1. The molecule has 0 aromatic rings. The number of hydrogen-bond donors (Lipinski definition) is 2. The smallest absolute Gasteiger partial charge is 0.243 e. The zero-order valence-corrected chi connectivity index (χ0v) is 19.7. The normalized spacial score (nSPS) is 24.3. The van der Waals surface area contributed by atoms with Gasteiger partial charge in [-0.05, 0) is 26.7 Å². The van der Waals surface area contributed by atoms with Crippen molar-refractivity contribution in [3.8, 4) is 0 Å². The van der Waals surface area contributed by atoms with Crippen LogP contribution in [0, 0.1) is 5.41 Å². The van der Waals surface area contributed by atoms with E-state index in [2.05, 4.69) is 36.4 Å². The fourth-order valence-electron chi connectivity index (χ4n) is 2.85. The van der Waals surface area contributed by atoms with Crippen LogP contribution in [-0.2, 0) is 14.3 Å². The van der Waals surface area contributed by atoms with Crippen LogP contribution in [0.3, 0.4) is 0 Å². The van der Waals surface area contributed by atoms with Crippen molar-refractivity contribution < 1.29 is 14.3 Å². The maximum absolute atomic E-state index is 11.8. The first-order valence-corrected chi connectivity index (χ1v) is 9.06. The molecule has 1 aliphatic carbocycles. The molecule has 0 aromatic heterocycles. The van der Waals surface area contributed by atoms with Crippen LogP contribution in [0.25, 0.3) is 0 Å². The van der Waals surface area contributed by atoms with Gasteiger partial charge in [0.2, 0.25) is 5.91 Å². The minimum atomic E-state index is -0.149. The zero-order valence-electron chi connectivity index (χ0n) is 17.3. The Morgan fingerprint density at radius 3 is 2.46 bits per heavy atom. The van der Waals surface area contributed by atoms with Crippen molar-refractivity contribution >= 4 is 35.8 Å². The Kier molecular flexibility index (Phi) is 11.0. The molecule has 0 aliphatic heterocycles. The van der Waals surface area contributed by atoms with Crippen LogP contribution < -0.4 is 10.6 Å². The van der Waals surface area contributed by atoms with E-state index in [1.54, 1.807) is 26.1 Å². The van der Waals surface area contributed by atoms with Gasteiger partial charge in [0.05, 0.1) is 5.60 Å². The predicted octanol–water partition coefficient (Wildman–Crippen LogP) is 1.86. The predicted molar refractivity (Wildman–Crippen MR) is 116 cm³/mol. The summed E-state index contributed by atoms with van der Waals surface area (Å²) in [5.74, 6) is 0.646. The van der Waals surface area contributed by atoms with E-state index in [1.165, 1.54) is 0 Å². The van der Waals surface area contributed by atoms with Gasteiger partial charge in [0.25, 0.3) is 0 Å². The average Bonchev–Trinajstić information content (AvgIpc) is 2.57. The number of nitrogens with zero attached hydrogens (tertiary/aromatic N) is 2. The molecule has 26 heavy (non-hydrogen) atoms. The van der Waals surface area contributed by atoms with Gasteiger partial charge in [-0.15, -0.1) is 24.0 Å². The fourth-order valence-corrected chi connectivity index (χ4v) is 2.85. The summed E-state index contributed by atoms with van der Waals surface area (Å²) in [6.45, 7) is 10.8. The van der Waals surface area contributed by atoms with Crippen molar-refractivity contribution in [1.82, 2.24) is 15.5 Å². The third-order valence-electron chi connectivity index (χ3n) is 5.42. The molecule has 0 aromatic carbocycles. The number of carbonyl (C=O) groups is 1. The number of methoxy groups -OCH3 is 1. The molecule has 154 valence electrons. The van der Waals surface area contributed by atoms with E-state index in [4.69, 9.17) is 9.47 Å². The molecule has 1 saturated carbocycles. The van der Waals surface area contributed by atoms with Gasteiger partial charge in [0.15, 0.2) is 5.96 Å². The van der Waals surface area contributed by atoms with Crippen molar-refractivity contribution in [3.05, 3.63) is 0 Å². The first-order valence-electron chi connectivity index (χ1n) is 9.06. The van der Waals surface area contributed by atoms with Crippen LogP contribution in [0.5, 0.6) is 0 Å². The van der Waals surface area contributed by atoms with E-state index in [0.717, 1.165) is 26.0 Å². The highest BCUT2D eigenvalue weighted by Crippen LogP contribution is 2.51. The second-order valence-electron chi connectivity index (χ2n) is 7.49. The molecular weight excluding hydrogens is 447 g/mol. The number of guanidine groups is 1. The van der Waals surface area contributed by atoms with Gasteiger partial charge in [0, 0.05) is 52.4 Å². The largest absolute Gasteiger partial charge is 0.382 e. The van der Waals surface area contributed by atoms with E-state index in [1.807, 2.05) is 6.92 Å². The Bertz CT molecular complexity index is 471. The van der Waals surface area contributed by atoms with E-state index in [-0.39, 0.29) is 53.5 Å². The van der Waals surface area contributed by atoms with Gasteiger partial charge in [0.1, 0.15) is 6.54 Å². The number of rotatable bonds is 9. The third-order valence-corrected chi connectivity index (χ3v) is 5.42. The Hall–Kier alpha value is -0.610. The number of likely N-dealkylation sites (N-methyl/N-ethyl adjacent to an activating group) is 1. The second-order valence-corrected chi connectivity index (χ2v) is 7.49. The molecule has 0 bridgehead atoms. The van der Waals surface area contributed by atoms with Crippen LogP contribution in [0.2, 0.25) is 0 Å². The number of ether oxygens (including phenoxy) is 2. The van der Waals surface area contributed by atoms with Crippen LogP contribution >= 0.6 is 24.0 Å². The highest BCUT2D eigenvalue weighted by Gasteiger charge is 2.58. The van der Waals surface area contributed by atoms with Gasteiger partial charge in [-0.2, -0.15) is 0 Å². The van der Waals surface area contributed by atoms with Crippen LogP contribution in [0.1, 0.15) is 40.5 Å². The van der Waals surface area contributed by atoms with Gasteiger partial charge >= 0.3 is 0 Å². The Morgan fingerprint density at radius 2 is 1.96 bits per heavy atom. The maximum atomic E-state index is 11.8. The van der Waals surface area contributed by atoms with E-state index >= 15 is 0 Å². The zero-order chi connectivity index (χ0) is 19.1. The fraction of sp³-hybridized carbons (Fsp3) is 0.889. The summed E-state index contributed by atoms with van der Waals surface area (Å²) in [7, 11) is 5.23. The summed E-state index contributed by atoms with van der Waals surface area (Å²) in [4.78, 5) is 17.8. The molecule has 1 fully saturated rings. The SMILES string of the molecule is CCOCCCNC(=NCC(=O)N(C)C)NC1CC(C)(OC)C1(C)C.I. The summed E-state index contributed by atoms with van der Waals surface area (Å²) in [5.41, 5.74) is -0.175. The van der Waals surface area contributed by atoms with Crippen LogP contribution in [0.4, 0.5) is 0 Å². The molecule has 1 rings (SSSR count). The average molecular weight is 484 g/mol. The lowest BCUT2D eigenvalue weighted by atomic mass is 9.56. The molecule has 2 atom stereocenters. The van der Waals surface area contributed by atoms with Crippen molar-refractivity contribution in [3.63, 3.8) is 0 Å². The van der Waals surface area contributed by atoms with Gasteiger partial charge in [-0.3, -0.25) is 4.79 Å². The van der Waals surface area contributed by atoms with E-state index < -0.39 is 0 Å². The summed E-state index contributed by atoms with van der Waals surface area (Å²) in [6, 6.07) is 0.241. The van der Waals surface area contributed by atoms with Crippen molar-refractivity contribution in [2.45, 2.75) is 52.2 Å².